The van der Waals surface area contributed by atoms with Crippen LogP contribution in [0.3, 0.4) is 0 Å². The third-order valence-electron chi connectivity index (χ3n) is 3.24. The maximum Gasteiger partial charge on any atom is 0.257 e. The molecule has 0 spiro atoms. The van der Waals surface area contributed by atoms with Crippen molar-refractivity contribution in [3.63, 3.8) is 0 Å². The van der Waals surface area contributed by atoms with Crippen LogP contribution < -0.4 is 10.1 Å². The number of hydrogen-bond donors (Lipinski definition) is 2. The van der Waals surface area contributed by atoms with E-state index in [0.717, 1.165) is 23.1 Å². The minimum absolute atomic E-state index is 0.0124. The van der Waals surface area contributed by atoms with E-state index in [4.69, 9.17) is 4.74 Å². The Hall–Kier alpha value is -2.49. The normalized spacial score (nSPS) is 10.3. The molecule has 0 radical (unpaired) electrons. The number of carbonyl (C=O) groups excluding carboxylic acids is 1. The highest BCUT2D eigenvalue weighted by atomic mass is 16.5. The standard InChI is InChI=1S/C18H21NO3/c1-13-9-14(2)11-17(10-13)22-12-18(21)19-8-7-15-3-5-16(20)6-4-15/h3-6,9-11,20H,7-8,12H2,1-2H3,(H,19,21). The average molecular weight is 299 g/mol. The van der Waals surface area contributed by atoms with Crippen molar-refractivity contribution in [1.29, 1.82) is 0 Å². The van der Waals surface area contributed by atoms with Gasteiger partial charge in [-0.2, -0.15) is 0 Å². The van der Waals surface area contributed by atoms with Gasteiger partial charge in [-0.25, -0.2) is 0 Å². The molecule has 4 heteroatoms. The molecule has 0 saturated carbocycles. The lowest BCUT2D eigenvalue weighted by Gasteiger charge is -2.09. The van der Waals surface area contributed by atoms with Crippen LogP contribution in [0.25, 0.3) is 0 Å². The molecule has 0 atom stereocenters. The Balaban J connectivity index is 1.72. The SMILES string of the molecule is Cc1cc(C)cc(OCC(=O)NCCc2ccc(O)cc2)c1. The summed E-state index contributed by atoms with van der Waals surface area (Å²) in [6.07, 6.45) is 0.718. The molecule has 0 saturated heterocycles. The minimum Gasteiger partial charge on any atom is -0.508 e. The number of nitrogens with one attached hydrogen (secondary N) is 1. The molecule has 0 aromatic heterocycles. The molecule has 4 nitrogen and oxygen atoms in total. The van der Waals surface area contributed by atoms with Gasteiger partial charge < -0.3 is 15.2 Å². The van der Waals surface area contributed by atoms with Crippen molar-refractivity contribution in [1.82, 2.24) is 5.32 Å². The van der Waals surface area contributed by atoms with Gasteiger partial charge in [0.1, 0.15) is 11.5 Å². The molecule has 1 amide bonds. The molecule has 2 rings (SSSR count). The zero-order valence-electron chi connectivity index (χ0n) is 12.9. The van der Waals surface area contributed by atoms with E-state index in [-0.39, 0.29) is 18.3 Å². The maximum atomic E-state index is 11.8. The fourth-order valence-electron chi connectivity index (χ4n) is 2.23. The largest absolute Gasteiger partial charge is 0.508 e. The van der Waals surface area contributed by atoms with Crippen molar-refractivity contribution in [3.8, 4) is 11.5 Å². The van der Waals surface area contributed by atoms with Crippen molar-refractivity contribution in [2.45, 2.75) is 20.3 Å². The number of amides is 1. The van der Waals surface area contributed by atoms with Crippen LogP contribution in [-0.4, -0.2) is 24.2 Å². The number of rotatable bonds is 6. The number of benzene rings is 2. The van der Waals surface area contributed by atoms with Crippen LogP contribution in [0, 0.1) is 13.8 Å². The zero-order valence-corrected chi connectivity index (χ0v) is 12.9. The summed E-state index contributed by atoms with van der Waals surface area (Å²) >= 11 is 0. The summed E-state index contributed by atoms with van der Waals surface area (Å²) in [7, 11) is 0. The number of aryl methyl sites for hydroxylation is 2. The summed E-state index contributed by atoms with van der Waals surface area (Å²) in [5, 5.41) is 12.0. The molecular weight excluding hydrogens is 278 g/mol. The molecule has 0 bridgehead atoms. The predicted molar refractivity (Wildman–Crippen MR) is 86.2 cm³/mol. The Kier molecular flexibility index (Phi) is 5.42. The Bertz CT molecular complexity index is 615. The van der Waals surface area contributed by atoms with Gasteiger partial charge in [0, 0.05) is 6.54 Å². The number of ether oxygens (including phenoxy) is 1. The van der Waals surface area contributed by atoms with E-state index in [1.54, 1.807) is 12.1 Å². The predicted octanol–water partition coefficient (Wildman–Crippen LogP) is 2.75. The third-order valence-corrected chi connectivity index (χ3v) is 3.24. The van der Waals surface area contributed by atoms with Gasteiger partial charge in [0.2, 0.25) is 0 Å². The number of aromatic hydroxyl groups is 1. The lowest BCUT2D eigenvalue weighted by Crippen LogP contribution is -2.30. The van der Waals surface area contributed by atoms with Gasteiger partial charge in [0.05, 0.1) is 0 Å². The van der Waals surface area contributed by atoms with Gasteiger partial charge in [0.25, 0.3) is 5.91 Å². The Morgan fingerprint density at radius 2 is 1.73 bits per heavy atom. The average Bonchev–Trinajstić information content (AvgIpc) is 2.46. The van der Waals surface area contributed by atoms with Crippen LogP contribution in [0.2, 0.25) is 0 Å². The van der Waals surface area contributed by atoms with E-state index < -0.39 is 0 Å². The molecule has 0 unspecified atom stereocenters. The number of carbonyl (C=O) groups is 1. The number of hydrogen-bond acceptors (Lipinski definition) is 3. The molecule has 2 aromatic rings. The lowest BCUT2D eigenvalue weighted by atomic mass is 10.1. The van der Waals surface area contributed by atoms with E-state index in [2.05, 4.69) is 11.4 Å². The molecule has 0 heterocycles. The van der Waals surface area contributed by atoms with Crippen molar-refractivity contribution in [2.24, 2.45) is 0 Å². The zero-order chi connectivity index (χ0) is 15.9. The molecule has 2 aromatic carbocycles. The van der Waals surface area contributed by atoms with Gasteiger partial charge in [-0.15, -0.1) is 0 Å². The van der Waals surface area contributed by atoms with Gasteiger partial charge in [-0.05, 0) is 61.2 Å². The summed E-state index contributed by atoms with van der Waals surface area (Å²) in [4.78, 5) is 11.8. The Labute approximate surface area is 130 Å². The molecule has 0 aliphatic carbocycles. The van der Waals surface area contributed by atoms with Crippen LogP contribution >= 0.6 is 0 Å². The quantitative estimate of drug-likeness (QED) is 0.862. The Morgan fingerprint density at radius 3 is 2.36 bits per heavy atom. The molecule has 2 N–H and O–H groups in total. The van der Waals surface area contributed by atoms with Crippen molar-refractivity contribution in [3.05, 3.63) is 59.2 Å². The molecular formula is C18H21NO3. The first-order valence-corrected chi connectivity index (χ1v) is 7.28. The van der Waals surface area contributed by atoms with Crippen LogP contribution in [0.5, 0.6) is 11.5 Å². The van der Waals surface area contributed by atoms with E-state index in [9.17, 15) is 9.90 Å². The first-order chi connectivity index (χ1) is 10.5. The fraction of sp³-hybridized carbons (Fsp3) is 0.278. The highest BCUT2D eigenvalue weighted by Crippen LogP contribution is 2.16. The minimum atomic E-state index is -0.141. The van der Waals surface area contributed by atoms with Gasteiger partial charge in [-0.3, -0.25) is 4.79 Å². The van der Waals surface area contributed by atoms with Crippen LogP contribution in [0.15, 0.2) is 42.5 Å². The van der Waals surface area contributed by atoms with E-state index >= 15 is 0 Å². The van der Waals surface area contributed by atoms with Crippen LogP contribution in [0.4, 0.5) is 0 Å². The number of phenolic OH excluding ortho intramolecular Hbond substituents is 1. The van der Waals surface area contributed by atoms with E-state index in [1.165, 1.54) is 0 Å². The van der Waals surface area contributed by atoms with Gasteiger partial charge in [0.15, 0.2) is 6.61 Å². The Morgan fingerprint density at radius 1 is 1.09 bits per heavy atom. The summed E-state index contributed by atoms with van der Waals surface area (Å²) in [6.45, 7) is 4.55. The summed E-state index contributed by atoms with van der Waals surface area (Å²) in [6, 6.07) is 12.8. The smallest absolute Gasteiger partial charge is 0.257 e. The highest BCUT2D eigenvalue weighted by molar-refractivity contribution is 5.77. The van der Waals surface area contributed by atoms with E-state index in [1.807, 2.05) is 38.1 Å². The van der Waals surface area contributed by atoms with E-state index in [0.29, 0.717) is 12.3 Å². The summed E-state index contributed by atoms with van der Waals surface area (Å²) in [5.41, 5.74) is 3.29. The molecule has 0 aliphatic heterocycles. The second kappa shape index (κ2) is 7.50. The monoisotopic (exact) mass is 299 g/mol. The van der Waals surface area contributed by atoms with Crippen LogP contribution in [-0.2, 0) is 11.2 Å². The van der Waals surface area contributed by atoms with Crippen molar-refractivity contribution >= 4 is 5.91 Å². The summed E-state index contributed by atoms with van der Waals surface area (Å²) < 4.78 is 5.50. The molecule has 22 heavy (non-hydrogen) atoms. The molecule has 116 valence electrons. The molecule has 0 aliphatic rings. The maximum absolute atomic E-state index is 11.8. The first-order valence-electron chi connectivity index (χ1n) is 7.28. The van der Waals surface area contributed by atoms with Gasteiger partial charge >= 0.3 is 0 Å². The highest BCUT2D eigenvalue weighted by Gasteiger charge is 2.03. The van der Waals surface area contributed by atoms with Crippen LogP contribution in [0.1, 0.15) is 16.7 Å². The summed E-state index contributed by atoms with van der Waals surface area (Å²) in [5.74, 6) is 0.818. The van der Waals surface area contributed by atoms with Crippen molar-refractivity contribution < 1.29 is 14.6 Å². The first kappa shape index (κ1) is 15.9. The second-order valence-electron chi connectivity index (χ2n) is 5.38. The topological polar surface area (TPSA) is 58.6 Å². The van der Waals surface area contributed by atoms with Gasteiger partial charge in [-0.1, -0.05) is 18.2 Å². The number of phenols is 1. The third kappa shape index (κ3) is 5.13. The fourth-order valence-corrected chi connectivity index (χ4v) is 2.23. The molecule has 0 fully saturated rings. The van der Waals surface area contributed by atoms with Crippen molar-refractivity contribution in [2.75, 3.05) is 13.2 Å². The second-order valence-corrected chi connectivity index (χ2v) is 5.38. The lowest BCUT2D eigenvalue weighted by molar-refractivity contribution is -0.123.